The summed E-state index contributed by atoms with van der Waals surface area (Å²) in [5.41, 5.74) is 5.60. The first-order chi connectivity index (χ1) is 14.9. The summed E-state index contributed by atoms with van der Waals surface area (Å²) < 4.78 is 23.7. The number of nitrogens with zero attached hydrogens (tertiary/aromatic N) is 1. The summed E-state index contributed by atoms with van der Waals surface area (Å²) in [5.74, 6) is 3.36. The van der Waals surface area contributed by atoms with Gasteiger partial charge in [0.1, 0.15) is 9.84 Å². The number of sulfone groups is 1. The van der Waals surface area contributed by atoms with Gasteiger partial charge >= 0.3 is 0 Å². The van der Waals surface area contributed by atoms with Gasteiger partial charge in [0.2, 0.25) is 0 Å². The molecule has 3 aliphatic carbocycles. The van der Waals surface area contributed by atoms with Gasteiger partial charge in [-0.3, -0.25) is 10.2 Å². The van der Waals surface area contributed by atoms with Crippen LogP contribution in [-0.4, -0.2) is 69.8 Å². The Balaban J connectivity index is 1.23. The minimum atomic E-state index is -2.86. The topological polar surface area (TPSA) is 87.5 Å². The van der Waals surface area contributed by atoms with Crippen molar-refractivity contribution in [3.05, 3.63) is 0 Å². The first-order valence-electron chi connectivity index (χ1n) is 13.0. The Morgan fingerprint density at radius 1 is 0.935 bits per heavy atom. The van der Waals surface area contributed by atoms with Crippen molar-refractivity contribution in [1.29, 1.82) is 0 Å². The highest BCUT2D eigenvalue weighted by Crippen LogP contribution is 2.42. The number of nitrogens with one attached hydrogen (secondary N) is 2. The molecule has 4 fully saturated rings. The maximum absolute atomic E-state index is 11.9. The van der Waals surface area contributed by atoms with E-state index in [1.54, 1.807) is 0 Å². The molecule has 1 aliphatic heterocycles. The quantitative estimate of drug-likeness (QED) is 0.488. The van der Waals surface area contributed by atoms with E-state index in [2.05, 4.69) is 15.5 Å². The van der Waals surface area contributed by atoms with E-state index < -0.39 is 9.84 Å². The fourth-order valence-electron chi connectivity index (χ4n) is 7.15. The zero-order valence-electron chi connectivity index (χ0n) is 19.6. The van der Waals surface area contributed by atoms with Crippen molar-refractivity contribution in [1.82, 2.24) is 15.5 Å². The van der Waals surface area contributed by atoms with Crippen LogP contribution in [0.1, 0.15) is 70.6 Å². The Morgan fingerprint density at radius 3 is 2.29 bits per heavy atom. The molecule has 4 N–H and O–H groups in total. The molecule has 0 amide bonds. The SMILES string of the molecule is CS(=O)(=O)C1CCC(CN2CNC3CCC(C4CCC(CNCCN)CC4)CC32)CC1. The lowest BCUT2D eigenvalue weighted by molar-refractivity contribution is 0.0980. The zero-order chi connectivity index (χ0) is 21.8. The average Bonchev–Trinajstić information content (AvgIpc) is 3.16. The molecule has 4 rings (SSSR count). The van der Waals surface area contributed by atoms with Crippen LogP contribution in [-0.2, 0) is 9.84 Å². The van der Waals surface area contributed by atoms with Crippen LogP contribution in [0.2, 0.25) is 0 Å². The van der Waals surface area contributed by atoms with E-state index in [1.807, 2.05) is 0 Å². The van der Waals surface area contributed by atoms with E-state index in [0.29, 0.717) is 18.0 Å². The summed E-state index contributed by atoms with van der Waals surface area (Å²) in [6, 6.07) is 1.38. The lowest BCUT2D eigenvalue weighted by Crippen LogP contribution is -2.45. The van der Waals surface area contributed by atoms with Gasteiger partial charge in [0.15, 0.2) is 0 Å². The normalized spacial score (nSPS) is 40.0. The molecule has 1 saturated heterocycles. The van der Waals surface area contributed by atoms with E-state index in [-0.39, 0.29) is 5.25 Å². The zero-order valence-corrected chi connectivity index (χ0v) is 20.4. The van der Waals surface area contributed by atoms with E-state index in [1.165, 1.54) is 51.2 Å². The highest BCUT2D eigenvalue weighted by Gasteiger charge is 2.42. The Bertz CT molecular complexity index is 656. The van der Waals surface area contributed by atoms with Crippen LogP contribution >= 0.6 is 0 Å². The number of fused-ring (bicyclic) bond motifs is 1. The fraction of sp³-hybridized carbons (Fsp3) is 1.00. The summed E-state index contributed by atoms with van der Waals surface area (Å²) >= 11 is 0. The molecule has 4 aliphatic rings. The van der Waals surface area contributed by atoms with Crippen LogP contribution in [0.15, 0.2) is 0 Å². The molecule has 0 radical (unpaired) electrons. The molecule has 0 bridgehead atoms. The first kappa shape index (κ1) is 23.9. The van der Waals surface area contributed by atoms with Crippen molar-refractivity contribution in [2.45, 2.75) is 88.0 Å². The van der Waals surface area contributed by atoms with E-state index in [9.17, 15) is 8.42 Å². The van der Waals surface area contributed by atoms with Crippen molar-refractivity contribution < 1.29 is 8.42 Å². The van der Waals surface area contributed by atoms with E-state index in [4.69, 9.17) is 5.73 Å². The van der Waals surface area contributed by atoms with Gasteiger partial charge in [0, 0.05) is 44.6 Å². The van der Waals surface area contributed by atoms with Gasteiger partial charge in [-0.25, -0.2) is 8.42 Å². The monoisotopic (exact) mass is 454 g/mol. The summed E-state index contributed by atoms with van der Waals surface area (Å²) in [4.78, 5) is 2.73. The van der Waals surface area contributed by atoms with Gasteiger partial charge in [-0.2, -0.15) is 0 Å². The lowest BCUT2D eigenvalue weighted by Gasteiger charge is -2.42. The molecular weight excluding hydrogens is 408 g/mol. The molecule has 0 aromatic carbocycles. The van der Waals surface area contributed by atoms with Gasteiger partial charge < -0.3 is 11.1 Å². The second-order valence-electron chi connectivity index (χ2n) is 11.1. The third-order valence-electron chi connectivity index (χ3n) is 9.09. The first-order valence-corrected chi connectivity index (χ1v) is 15.0. The minimum Gasteiger partial charge on any atom is -0.329 e. The number of rotatable bonds is 8. The Hall–Kier alpha value is -0.210. The molecule has 0 aromatic heterocycles. The molecule has 6 nitrogen and oxygen atoms in total. The van der Waals surface area contributed by atoms with E-state index >= 15 is 0 Å². The predicted molar refractivity (Wildman–Crippen MR) is 128 cm³/mol. The molecule has 180 valence electrons. The van der Waals surface area contributed by atoms with Crippen molar-refractivity contribution in [2.75, 3.05) is 39.1 Å². The van der Waals surface area contributed by atoms with Crippen LogP contribution in [0.25, 0.3) is 0 Å². The Morgan fingerprint density at radius 2 is 1.61 bits per heavy atom. The van der Waals surface area contributed by atoms with Gasteiger partial charge in [-0.05, 0) is 101 Å². The molecule has 1 heterocycles. The second kappa shape index (κ2) is 10.8. The number of hydrogen-bond acceptors (Lipinski definition) is 6. The number of hydrogen-bond donors (Lipinski definition) is 3. The maximum Gasteiger partial charge on any atom is 0.150 e. The average molecular weight is 455 g/mol. The molecule has 3 saturated carbocycles. The van der Waals surface area contributed by atoms with Crippen molar-refractivity contribution in [3.8, 4) is 0 Å². The highest BCUT2D eigenvalue weighted by atomic mass is 32.2. The predicted octanol–water partition coefficient (Wildman–Crippen LogP) is 2.34. The standard InChI is InChI=1S/C24H46N4O2S/c1-31(29,30)22-9-4-19(5-10-22)16-28-17-27-23-11-8-21(14-24(23)28)20-6-2-18(3-7-20)15-26-13-12-25/h18-24,26-27H,2-17,25H2,1H3. The van der Waals surface area contributed by atoms with Gasteiger partial charge in [-0.15, -0.1) is 0 Å². The summed E-state index contributed by atoms with van der Waals surface area (Å²) in [5, 5.41) is 7.22. The molecule has 31 heavy (non-hydrogen) atoms. The van der Waals surface area contributed by atoms with Crippen LogP contribution in [0.4, 0.5) is 0 Å². The third kappa shape index (κ3) is 6.23. The number of nitrogens with two attached hydrogens (primary N) is 1. The summed E-state index contributed by atoms with van der Waals surface area (Å²) in [7, 11) is -2.86. The van der Waals surface area contributed by atoms with Gasteiger partial charge in [0.25, 0.3) is 0 Å². The van der Waals surface area contributed by atoms with Crippen molar-refractivity contribution >= 4 is 9.84 Å². The highest BCUT2D eigenvalue weighted by molar-refractivity contribution is 7.91. The maximum atomic E-state index is 11.9. The van der Waals surface area contributed by atoms with Crippen LogP contribution in [0.5, 0.6) is 0 Å². The molecule has 0 spiro atoms. The summed E-state index contributed by atoms with van der Waals surface area (Å²) in [6.45, 7) is 5.04. The van der Waals surface area contributed by atoms with Gasteiger partial charge in [0.05, 0.1) is 5.25 Å². The Kier molecular flexibility index (Phi) is 8.35. The largest absolute Gasteiger partial charge is 0.329 e. The summed E-state index contributed by atoms with van der Waals surface area (Å²) in [6.07, 6.45) is 15.0. The van der Waals surface area contributed by atoms with Crippen LogP contribution in [0.3, 0.4) is 0 Å². The van der Waals surface area contributed by atoms with Crippen LogP contribution in [0, 0.1) is 23.7 Å². The molecule has 0 aromatic rings. The van der Waals surface area contributed by atoms with Crippen molar-refractivity contribution in [3.63, 3.8) is 0 Å². The fourth-order valence-corrected chi connectivity index (χ4v) is 8.27. The van der Waals surface area contributed by atoms with Crippen molar-refractivity contribution in [2.24, 2.45) is 29.4 Å². The third-order valence-corrected chi connectivity index (χ3v) is 10.8. The molecule has 3 unspecified atom stereocenters. The minimum absolute atomic E-state index is 0.0899. The molecular formula is C24H46N4O2S. The second-order valence-corrected chi connectivity index (χ2v) is 13.5. The van der Waals surface area contributed by atoms with E-state index in [0.717, 1.165) is 76.3 Å². The smallest absolute Gasteiger partial charge is 0.150 e. The lowest BCUT2D eigenvalue weighted by atomic mass is 9.69. The molecule has 7 heteroatoms. The molecule has 3 atom stereocenters. The van der Waals surface area contributed by atoms with Crippen LogP contribution < -0.4 is 16.4 Å². The van der Waals surface area contributed by atoms with Gasteiger partial charge in [-0.1, -0.05) is 0 Å². The Labute approximate surface area is 190 Å².